The summed E-state index contributed by atoms with van der Waals surface area (Å²) in [6, 6.07) is -0.193. The number of carbonyl (C=O) groups excluding carboxylic acids is 1. The van der Waals surface area contributed by atoms with E-state index in [1.54, 1.807) is 11.3 Å². The molecule has 15 heavy (non-hydrogen) atoms. The number of aromatic nitrogens is 1. The van der Waals surface area contributed by atoms with Crippen molar-refractivity contribution in [1.29, 1.82) is 0 Å². The van der Waals surface area contributed by atoms with Gasteiger partial charge in [0.05, 0.1) is 6.42 Å². The lowest BCUT2D eigenvalue weighted by molar-refractivity contribution is -0.120. The highest BCUT2D eigenvalue weighted by Crippen LogP contribution is 2.12. The van der Waals surface area contributed by atoms with E-state index in [0.29, 0.717) is 6.42 Å². The van der Waals surface area contributed by atoms with Crippen molar-refractivity contribution in [3.05, 3.63) is 16.1 Å². The van der Waals surface area contributed by atoms with Gasteiger partial charge in [-0.1, -0.05) is 6.92 Å². The summed E-state index contributed by atoms with van der Waals surface area (Å²) in [4.78, 5) is 20.0. The Balaban J connectivity index is 2.05. The molecule has 1 unspecified atom stereocenters. The van der Waals surface area contributed by atoms with Crippen molar-refractivity contribution in [2.24, 2.45) is 4.99 Å². The topological polar surface area (TPSA) is 54.4 Å². The van der Waals surface area contributed by atoms with E-state index in [1.807, 2.05) is 19.2 Å². The van der Waals surface area contributed by atoms with Crippen LogP contribution in [0.25, 0.3) is 0 Å². The fourth-order valence-corrected chi connectivity index (χ4v) is 2.27. The van der Waals surface area contributed by atoms with Crippen LogP contribution in [0.2, 0.25) is 0 Å². The van der Waals surface area contributed by atoms with E-state index in [1.165, 1.54) is 0 Å². The quantitative estimate of drug-likeness (QED) is 0.839. The molecule has 0 radical (unpaired) electrons. The van der Waals surface area contributed by atoms with Crippen LogP contribution in [0.3, 0.4) is 0 Å². The maximum atomic E-state index is 11.4. The molecule has 0 saturated carbocycles. The Hall–Kier alpha value is -1.23. The van der Waals surface area contributed by atoms with E-state index in [9.17, 15) is 4.79 Å². The molecule has 0 spiro atoms. The number of rotatable bonds is 3. The highest BCUT2D eigenvalue weighted by atomic mass is 32.1. The maximum Gasteiger partial charge on any atom is 0.250 e. The molecule has 1 aromatic rings. The molecule has 1 aliphatic heterocycles. The summed E-state index contributed by atoms with van der Waals surface area (Å²) in [5.74, 6) is 0.766. The third-order valence-corrected chi connectivity index (χ3v) is 3.22. The van der Waals surface area contributed by atoms with Crippen molar-refractivity contribution in [3.63, 3.8) is 0 Å². The van der Waals surface area contributed by atoms with E-state index in [-0.39, 0.29) is 11.9 Å². The summed E-state index contributed by atoms with van der Waals surface area (Å²) in [6.45, 7) is 3.92. The SMILES string of the molecule is CCC1N=C(Cc2nc(C)cs2)NC1=O. The summed E-state index contributed by atoms with van der Waals surface area (Å²) >= 11 is 1.60. The van der Waals surface area contributed by atoms with Crippen LogP contribution in [-0.2, 0) is 11.2 Å². The first-order valence-corrected chi connectivity index (χ1v) is 5.85. The monoisotopic (exact) mass is 223 g/mol. The second-order valence-corrected chi connectivity index (χ2v) is 4.49. The van der Waals surface area contributed by atoms with Gasteiger partial charge in [0.15, 0.2) is 0 Å². The van der Waals surface area contributed by atoms with Gasteiger partial charge in [0.25, 0.3) is 0 Å². The summed E-state index contributed by atoms with van der Waals surface area (Å²) < 4.78 is 0. The smallest absolute Gasteiger partial charge is 0.250 e. The van der Waals surface area contributed by atoms with E-state index in [2.05, 4.69) is 15.3 Å². The van der Waals surface area contributed by atoms with Crippen molar-refractivity contribution < 1.29 is 4.79 Å². The highest BCUT2D eigenvalue weighted by molar-refractivity contribution is 7.09. The molecule has 0 aromatic carbocycles. The summed E-state index contributed by atoms with van der Waals surface area (Å²) in [7, 11) is 0. The average Bonchev–Trinajstić information content (AvgIpc) is 2.73. The Morgan fingerprint density at radius 3 is 2.93 bits per heavy atom. The van der Waals surface area contributed by atoms with E-state index in [4.69, 9.17) is 0 Å². The van der Waals surface area contributed by atoms with Crippen molar-refractivity contribution in [2.45, 2.75) is 32.7 Å². The highest BCUT2D eigenvalue weighted by Gasteiger charge is 2.24. The second-order valence-electron chi connectivity index (χ2n) is 3.55. The minimum absolute atomic E-state index is 0.0146. The maximum absolute atomic E-state index is 11.4. The Morgan fingerprint density at radius 2 is 2.40 bits per heavy atom. The van der Waals surface area contributed by atoms with Crippen molar-refractivity contribution in [1.82, 2.24) is 10.3 Å². The fraction of sp³-hybridized carbons (Fsp3) is 0.500. The number of aryl methyl sites for hydroxylation is 1. The van der Waals surface area contributed by atoms with Crippen molar-refractivity contribution in [3.8, 4) is 0 Å². The zero-order valence-corrected chi connectivity index (χ0v) is 9.60. The van der Waals surface area contributed by atoms with Crippen LogP contribution < -0.4 is 5.32 Å². The van der Waals surface area contributed by atoms with Crippen molar-refractivity contribution >= 4 is 23.1 Å². The number of carbonyl (C=O) groups is 1. The molecule has 0 aliphatic carbocycles. The predicted molar refractivity (Wildman–Crippen MR) is 60.2 cm³/mol. The first-order valence-electron chi connectivity index (χ1n) is 4.97. The van der Waals surface area contributed by atoms with Gasteiger partial charge in [-0.2, -0.15) is 0 Å². The second kappa shape index (κ2) is 4.10. The number of thiazole rings is 1. The molecule has 4 nitrogen and oxygen atoms in total. The molecule has 1 N–H and O–H groups in total. The van der Waals surface area contributed by atoms with E-state index in [0.717, 1.165) is 23.0 Å². The Bertz CT molecular complexity index is 411. The standard InChI is InChI=1S/C10H13N3OS/c1-3-7-10(14)13-8(12-7)4-9-11-6(2)5-15-9/h5,7H,3-4H2,1-2H3,(H,12,13,14). The molecule has 2 heterocycles. The van der Waals surface area contributed by atoms with Gasteiger partial charge >= 0.3 is 0 Å². The molecule has 2 rings (SSSR count). The van der Waals surface area contributed by atoms with E-state index < -0.39 is 0 Å². The fourth-order valence-electron chi connectivity index (χ4n) is 1.50. The van der Waals surface area contributed by atoms with Crippen LogP contribution in [-0.4, -0.2) is 22.8 Å². The van der Waals surface area contributed by atoms with Crippen LogP contribution in [0.15, 0.2) is 10.4 Å². The molecule has 0 fully saturated rings. The number of amides is 1. The molecule has 1 aliphatic rings. The van der Waals surface area contributed by atoms with Gasteiger partial charge in [-0.05, 0) is 13.3 Å². The molecule has 1 aromatic heterocycles. The lowest BCUT2D eigenvalue weighted by atomic mass is 10.2. The molecule has 1 amide bonds. The Labute approximate surface area is 92.4 Å². The van der Waals surface area contributed by atoms with Crippen LogP contribution in [0, 0.1) is 6.92 Å². The molecule has 1 atom stereocenters. The molecule has 80 valence electrons. The summed E-state index contributed by atoms with van der Waals surface area (Å²) in [5, 5.41) is 5.80. The average molecular weight is 223 g/mol. The number of nitrogens with one attached hydrogen (secondary N) is 1. The van der Waals surface area contributed by atoms with Crippen LogP contribution in [0.4, 0.5) is 0 Å². The van der Waals surface area contributed by atoms with Gasteiger partial charge in [-0.3, -0.25) is 9.79 Å². The molecule has 0 saturated heterocycles. The lowest BCUT2D eigenvalue weighted by Crippen LogP contribution is -2.29. The van der Waals surface area contributed by atoms with Crippen molar-refractivity contribution in [2.75, 3.05) is 0 Å². The van der Waals surface area contributed by atoms with Gasteiger partial charge < -0.3 is 5.32 Å². The van der Waals surface area contributed by atoms with Gasteiger partial charge in [-0.15, -0.1) is 11.3 Å². The van der Waals surface area contributed by atoms with Gasteiger partial charge in [0, 0.05) is 11.1 Å². The van der Waals surface area contributed by atoms with Gasteiger partial charge in [-0.25, -0.2) is 4.98 Å². The summed E-state index contributed by atoms with van der Waals surface area (Å²) in [6.07, 6.45) is 1.40. The largest absolute Gasteiger partial charge is 0.312 e. The number of nitrogens with zero attached hydrogens (tertiary/aromatic N) is 2. The molecule has 5 heteroatoms. The third kappa shape index (κ3) is 2.23. The number of hydrogen-bond donors (Lipinski definition) is 1. The van der Waals surface area contributed by atoms with Gasteiger partial charge in [0.1, 0.15) is 16.9 Å². The molecular formula is C10H13N3OS. The first-order chi connectivity index (χ1) is 7.19. The van der Waals surface area contributed by atoms with Crippen LogP contribution in [0.5, 0.6) is 0 Å². The first kappa shape index (κ1) is 10.3. The van der Waals surface area contributed by atoms with E-state index >= 15 is 0 Å². The third-order valence-electron chi connectivity index (χ3n) is 2.25. The minimum Gasteiger partial charge on any atom is -0.312 e. The zero-order chi connectivity index (χ0) is 10.8. The lowest BCUT2D eigenvalue weighted by Gasteiger charge is -1.96. The Morgan fingerprint density at radius 1 is 1.60 bits per heavy atom. The minimum atomic E-state index is -0.193. The predicted octanol–water partition coefficient (Wildman–Crippen LogP) is 1.30. The van der Waals surface area contributed by atoms with Crippen LogP contribution >= 0.6 is 11.3 Å². The van der Waals surface area contributed by atoms with Gasteiger partial charge in [0.2, 0.25) is 5.91 Å². The zero-order valence-electron chi connectivity index (χ0n) is 8.78. The number of hydrogen-bond acceptors (Lipinski definition) is 4. The number of amidine groups is 1. The summed E-state index contributed by atoms with van der Waals surface area (Å²) in [5.41, 5.74) is 1.02. The molecular weight excluding hydrogens is 210 g/mol. The normalized spacial score (nSPS) is 20.3. The number of aliphatic imine (C=N–C) groups is 1. The molecule has 0 bridgehead atoms. The van der Waals surface area contributed by atoms with Crippen LogP contribution in [0.1, 0.15) is 24.0 Å². The Kier molecular flexibility index (Phi) is 2.81.